The second-order valence-electron chi connectivity index (χ2n) is 7.28. The third-order valence-corrected chi connectivity index (χ3v) is 4.92. The summed E-state index contributed by atoms with van der Waals surface area (Å²) in [4.78, 5) is 25.8. The standard InChI is InChI=1S/C22H26N4O4/c1-14(2)20(26-22(28)16-7-5-6-8-17(16)24-25-26)21(27)23-12-11-15-9-10-18(29-3)19(13-15)30-4/h5-10,13-14,20H,11-12H2,1-4H3,(H,23,27)/t20-/m1/s1. The fraction of sp³-hybridized carbons (Fsp3) is 0.364. The number of fused-ring (bicyclic) bond motifs is 1. The number of hydrogen-bond acceptors (Lipinski definition) is 6. The van der Waals surface area contributed by atoms with Gasteiger partial charge in [0.25, 0.3) is 5.56 Å². The smallest absolute Gasteiger partial charge is 0.278 e. The molecule has 0 aliphatic heterocycles. The molecule has 2 aromatic carbocycles. The molecule has 0 unspecified atom stereocenters. The normalized spacial score (nSPS) is 12.0. The maximum absolute atomic E-state index is 12.9. The fourth-order valence-electron chi connectivity index (χ4n) is 3.35. The second-order valence-corrected chi connectivity index (χ2v) is 7.28. The van der Waals surface area contributed by atoms with Crippen LogP contribution >= 0.6 is 0 Å². The minimum absolute atomic E-state index is 0.140. The number of benzene rings is 2. The summed E-state index contributed by atoms with van der Waals surface area (Å²) in [6.45, 7) is 4.16. The van der Waals surface area contributed by atoms with Crippen molar-refractivity contribution in [3.63, 3.8) is 0 Å². The molecule has 3 aromatic rings. The van der Waals surface area contributed by atoms with E-state index in [-0.39, 0.29) is 17.4 Å². The number of carbonyl (C=O) groups excluding carboxylic acids is 1. The van der Waals surface area contributed by atoms with E-state index in [9.17, 15) is 9.59 Å². The molecule has 3 rings (SSSR count). The van der Waals surface area contributed by atoms with Crippen molar-refractivity contribution in [3.05, 3.63) is 58.4 Å². The van der Waals surface area contributed by atoms with E-state index < -0.39 is 6.04 Å². The first-order valence-corrected chi connectivity index (χ1v) is 9.79. The SMILES string of the molecule is COc1ccc(CCNC(=O)[C@@H](C(C)C)n2nnc3ccccc3c2=O)cc1OC. The van der Waals surface area contributed by atoms with E-state index in [2.05, 4.69) is 15.6 Å². The number of nitrogens with one attached hydrogen (secondary N) is 1. The number of nitrogens with zero attached hydrogens (tertiary/aromatic N) is 3. The first-order chi connectivity index (χ1) is 14.5. The van der Waals surface area contributed by atoms with Gasteiger partial charge in [-0.3, -0.25) is 9.59 Å². The Morgan fingerprint density at radius 1 is 1.10 bits per heavy atom. The Balaban J connectivity index is 1.74. The molecule has 8 nitrogen and oxygen atoms in total. The Hall–Kier alpha value is -3.42. The van der Waals surface area contributed by atoms with E-state index in [1.807, 2.05) is 32.0 Å². The van der Waals surface area contributed by atoms with Crippen LogP contribution in [-0.2, 0) is 11.2 Å². The van der Waals surface area contributed by atoms with Crippen molar-refractivity contribution < 1.29 is 14.3 Å². The summed E-state index contributed by atoms with van der Waals surface area (Å²) in [6.07, 6.45) is 0.606. The van der Waals surface area contributed by atoms with E-state index in [1.165, 1.54) is 4.68 Å². The Labute approximate surface area is 174 Å². The molecule has 0 radical (unpaired) electrons. The first kappa shape index (κ1) is 21.3. The predicted molar refractivity (Wildman–Crippen MR) is 114 cm³/mol. The molecule has 0 spiro atoms. The molecule has 0 saturated heterocycles. The first-order valence-electron chi connectivity index (χ1n) is 9.79. The molecule has 0 bridgehead atoms. The molecule has 1 heterocycles. The lowest BCUT2D eigenvalue weighted by molar-refractivity contribution is -0.126. The number of hydrogen-bond donors (Lipinski definition) is 1. The zero-order valence-electron chi connectivity index (χ0n) is 17.6. The topological polar surface area (TPSA) is 95.3 Å². The number of ether oxygens (including phenoxy) is 2. The van der Waals surface area contributed by atoms with Gasteiger partial charge in [0.2, 0.25) is 5.91 Å². The molecular weight excluding hydrogens is 384 g/mol. The van der Waals surface area contributed by atoms with E-state index >= 15 is 0 Å². The van der Waals surface area contributed by atoms with E-state index in [4.69, 9.17) is 9.47 Å². The molecule has 0 aliphatic rings. The van der Waals surface area contributed by atoms with Gasteiger partial charge in [-0.05, 0) is 42.2 Å². The fourth-order valence-corrected chi connectivity index (χ4v) is 3.35. The van der Waals surface area contributed by atoms with Crippen molar-refractivity contribution in [1.29, 1.82) is 0 Å². The summed E-state index contributed by atoms with van der Waals surface area (Å²) < 4.78 is 11.7. The van der Waals surface area contributed by atoms with Gasteiger partial charge in [0, 0.05) is 6.54 Å². The van der Waals surface area contributed by atoms with Crippen molar-refractivity contribution in [1.82, 2.24) is 20.3 Å². The molecule has 158 valence electrons. The summed E-state index contributed by atoms with van der Waals surface area (Å²) in [5.74, 6) is 0.884. The molecule has 1 aromatic heterocycles. The van der Waals surface area contributed by atoms with Crippen LogP contribution in [0, 0.1) is 5.92 Å². The van der Waals surface area contributed by atoms with Crippen LogP contribution < -0.4 is 20.3 Å². The lowest BCUT2D eigenvalue weighted by Gasteiger charge is -2.21. The molecule has 0 fully saturated rings. The summed E-state index contributed by atoms with van der Waals surface area (Å²) >= 11 is 0. The van der Waals surface area contributed by atoms with Crippen molar-refractivity contribution >= 4 is 16.8 Å². The Morgan fingerprint density at radius 3 is 2.53 bits per heavy atom. The summed E-state index contributed by atoms with van der Waals surface area (Å²) in [5, 5.41) is 11.5. The summed E-state index contributed by atoms with van der Waals surface area (Å²) in [5.41, 5.74) is 1.18. The van der Waals surface area contributed by atoms with Gasteiger partial charge < -0.3 is 14.8 Å². The van der Waals surface area contributed by atoms with E-state index in [1.54, 1.807) is 38.5 Å². The molecule has 30 heavy (non-hydrogen) atoms. The van der Waals surface area contributed by atoms with Crippen LogP contribution in [0.15, 0.2) is 47.3 Å². The average molecular weight is 410 g/mol. The quantitative estimate of drug-likeness (QED) is 0.613. The molecular formula is C22H26N4O4. The molecule has 8 heteroatoms. The molecule has 1 amide bonds. The van der Waals surface area contributed by atoms with Crippen LogP contribution in [0.25, 0.3) is 10.9 Å². The highest BCUT2D eigenvalue weighted by molar-refractivity contribution is 5.81. The van der Waals surface area contributed by atoms with Crippen LogP contribution in [0.4, 0.5) is 0 Å². The van der Waals surface area contributed by atoms with Gasteiger partial charge in [0.15, 0.2) is 11.5 Å². The Morgan fingerprint density at radius 2 is 1.83 bits per heavy atom. The number of rotatable bonds is 8. The third-order valence-electron chi connectivity index (χ3n) is 4.92. The molecule has 1 atom stereocenters. The zero-order chi connectivity index (χ0) is 21.7. The summed E-state index contributed by atoms with van der Waals surface area (Å²) in [7, 11) is 3.17. The van der Waals surface area contributed by atoms with Crippen LogP contribution in [-0.4, -0.2) is 41.7 Å². The van der Waals surface area contributed by atoms with Crippen LogP contribution in [0.2, 0.25) is 0 Å². The highest BCUT2D eigenvalue weighted by Crippen LogP contribution is 2.27. The lowest BCUT2D eigenvalue weighted by atomic mass is 10.0. The number of amides is 1. The van der Waals surface area contributed by atoms with Crippen molar-refractivity contribution in [2.24, 2.45) is 5.92 Å². The van der Waals surface area contributed by atoms with Gasteiger partial charge in [0.05, 0.1) is 19.6 Å². The van der Waals surface area contributed by atoms with Gasteiger partial charge in [0.1, 0.15) is 11.6 Å². The minimum Gasteiger partial charge on any atom is -0.493 e. The number of carbonyl (C=O) groups is 1. The van der Waals surface area contributed by atoms with E-state index in [0.29, 0.717) is 35.4 Å². The van der Waals surface area contributed by atoms with Crippen LogP contribution in [0.5, 0.6) is 11.5 Å². The largest absolute Gasteiger partial charge is 0.493 e. The predicted octanol–water partition coefficient (Wildman–Crippen LogP) is 2.36. The zero-order valence-corrected chi connectivity index (χ0v) is 17.6. The van der Waals surface area contributed by atoms with Crippen molar-refractivity contribution in [3.8, 4) is 11.5 Å². The lowest BCUT2D eigenvalue weighted by Crippen LogP contribution is -2.42. The minimum atomic E-state index is -0.750. The Kier molecular flexibility index (Phi) is 6.66. The monoisotopic (exact) mass is 410 g/mol. The maximum atomic E-state index is 12.9. The van der Waals surface area contributed by atoms with Crippen LogP contribution in [0.3, 0.4) is 0 Å². The number of aromatic nitrogens is 3. The average Bonchev–Trinajstić information content (AvgIpc) is 2.75. The van der Waals surface area contributed by atoms with Gasteiger partial charge >= 0.3 is 0 Å². The second kappa shape index (κ2) is 9.39. The molecule has 0 saturated carbocycles. The van der Waals surface area contributed by atoms with Gasteiger partial charge in [-0.15, -0.1) is 5.10 Å². The maximum Gasteiger partial charge on any atom is 0.278 e. The highest BCUT2D eigenvalue weighted by Gasteiger charge is 2.27. The summed E-state index contributed by atoms with van der Waals surface area (Å²) in [6, 6.07) is 11.9. The highest BCUT2D eigenvalue weighted by atomic mass is 16.5. The van der Waals surface area contributed by atoms with E-state index in [0.717, 1.165) is 5.56 Å². The Bertz CT molecular complexity index is 1090. The third kappa shape index (κ3) is 4.42. The molecule has 1 N–H and O–H groups in total. The number of methoxy groups -OCH3 is 2. The van der Waals surface area contributed by atoms with Gasteiger partial charge in [-0.25, -0.2) is 0 Å². The van der Waals surface area contributed by atoms with Gasteiger partial charge in [-0.1, -0.05) is 37.3 Å². The molecule has 0 aliphatic carbocycles. The van der Waals surface area contributed by atoms with Crippen molar-refractivity contribution in [2.75, 3.05) is 20.8 Å². The van der Waals surface area contributed by atoms with Gasteiger partial charge in [-0.2, -0.15) is 4.68 Å². The van der Waals surface area contributed by atoms with Crippen molar-refractivity contribution in [2.45, 2.75) is 26.3 Å². The van der Waals surface area contributed by atoms with Crippen LogP contribution in [0.1, 0.15) is 25.5 Å².